The third-order valence-electron chi connectivity index (χ3n) is 4.09. The van der Waals surface area contributed by atoms with E-state index >= 15 is 0 Å². The van der Waals surface area contributed by atoms with Crippen molar-refractivity contribution in [3.63, 3.8) is 0 Å². The predicted octanol–water partition coefficient (Wildman–Crippen LogP) is 3.74. The Kier molecular flexibility index (Phi) is 5.07. The van der Waals surface area contributed by atoms with Crippen LogP contribution in [-0.4, -0.2) is 24.7 Å². The maximum Gasteiger partial charge on any atom is 0.308 e. The number of anilines is 1. The van der Waals surface area contributed by atoms with Crippen molar-refractivity contribution in [1.82, 2.24) is 0 Å². The Morgan fingerprint density at radius 1 is 1.07 bits per heavy atom. The number of esters is 1. The van der Waals surface area contributed by atoms with Crippen molar-refractivity contribution in [2.45, 2.75) is 20.8 Å². The van der Waals surface area contributed by atoms with Crippen LogP contribution in [0, 0.1) is 6.92 Å². The molecule has 0 aliphatic carbocycles. The number of methoxy groups -OCH3 is 1. The molecule has 1 amide bonds. The van der Waals surface area contributed by atoms with Gasteiger partial charge in [0.05, 0.1) is 24.1 Å². The molecule has 1 aliphatic heterocycles. The number of hydrazone groups is 1. The molecule has 0 fully saturated rings. The van der Waals surface area contributed by atoms with Crippen LogP contribution in [0.1, 0.15) is 25.0 Å². The number of rotatable bonds is 4. The standard InChI is InChI=1S/C21H20N2O4/c1-13-5-8-17(9-6-13)23-21(25)18(14(2)22-23)11-16-7-10-19(26-4)20(12-16)27-15(3)24/h5-12H,1-4H3/b18-11+. The molecule has 3 rings (SSSR count). The van der Waals surface area contributed by atoms with Crippen LogP contribution < -0.4 is 14.5 Å². The van der Waals surface area contributed by atoms with Crippen LogP contribution in [0.15, 0.2) is 53.1 Å². The van der Waals surface area contributed by atoms with Crippen molar-refractivity contribution in [2.75, 3.05) is 12.1 Å². The van der Waals surface area contributed by atoms with Crippen LogP contribution in [0.5, 0.6) is 11.5 Å². The Balaban J connectivity index is 1.93. The topological polar surface area (TPSA) is 68.2 Å². The Morgan fingerprint density at radius 3 is 2.41 bits per heavy atom. The SMILES string of the molecule is COc1ccc(/C=C2/C(=O)N(c3ccc(C)cc3)N=C2C)cc1OC(C)=O. The van der Waals surface area contributed by atoms with Crippen molar-refractivity contribution >= 4 is 29.4 Å². The summed E-state index contributed by atoms with van der Waals surface area (Å²) in [6.45, 7) is 5.09. The molecular formula is C21H20N2O4. The van der Waals surface area contributed by atoms with Crippen molar-refractivity contribution in [3.8, 4) is 11.5 Å². The summed E-state index contributed by atoms with van der Waals surface area (Å²) in [5.74, 6) is 0.0890. The fraction of sp³-hybridized carbons (Fsp3) is 0.190. The van der Waals surface area contributed by atoms with Crippen molar-refractivity contribution in [2.24, 2.45) is 5.10 Å². The maximum atomic E-state index is 12.8. The van der Waals surface area contributed by atoms with Crippen LogP contribution >= 0.6 is 0 Å². The lowest BCUT2D eigenvalue weighted by Gasteiger charge is -2.12. The molecule has 0 saturated heterocycles. The number of amides is 1. The lowest BCUT2D eigenvalue weighted by molar-refractivity contribution is -0.132. The third kappa shape index (κ3) is 3.89. The number of nitrogens with zero attached hydrogens (tertiary/aromatic N) is 2. The molecule has 0 radical (unpaired) electrons. The first-order chi connectivity index (χ1) is 12.9. The van der Waals surface area contributed by atoms with E-state index in [9.17, 15) is 9.59 Å². The molecule has 0 aromatic heterocycles. The first-order valence-electron chi connectivity index (χ1n) is 8.44. The fourth-order valence-electron chi connectivity index (χ4n) is 2.73. The van der Waals surface area contributed by atoms with Crippen LogP contribution in [0.2, 0.25) is 0 Å². The molecular weight excluding hydrogens is 344 g/mol. The van der Waals surface area contributed by atoms with E-state index < -0.39 is 5.97 Å². The quantitative estimate of drug-likeness (QED) is 0.471. The molecule has 0 atom stereocenters. The van der Waals surface area contributed by atoms with Gasteiger partial charge < -0.3 is 9.47 Å². The van der Waals surface area contributed by atoms with Crippen LogP contribution in [0.3, 0.4) is 0 Å². The first-order valence-corrected chi connectivity index (χ1v) is 8.44. The Bertz CT molecular complexity index is 959. The fourth-order valence-corrected chi connectivity index (χ4v) is 2.73. The smallest absolute Gasteiger partial charge is 0.308 e. The van der Waals surface area contributed by atoms with Gasteiger partial charge in [0.15, 0.2) is 11.5 Å². The molecule has 2 aromatic rings. The van der Waals surface area contributed by atoms with Crippen molar-refractivity contribution < 1.29 is 19.1 Å². The lowest BCUT2D eigenvalue weighted by Crippen LogP contribution is -2.21. The van der Waals surface area contributed by atoms with E-state index in [2.05, 4.69) is 5.10 Å². The molecule has 0 spiro atoms. The molecule has 2 aromatic carbocycles. The molecule has 138 valence electrons. The van der Waals surface area contributed by atoms with Gasteiger partial charge in [-0.05, 0) is 49.8 Å². The number of aryl methyl sites for hydroxylation is 1. The predicted molar refractivity (Wildman–Crippen MR) is 104 cm³/mol. The molecule has 27 heavy (non-hydrogen) atoms. The second-order valence-electron chi connectivity index (χ2n) is 6.20. The van der Waals surface area contributed by atoms with Gasteiger partial charge in [0.2, 0.25) is 0 Å². The summed E-state index contributed by atoms with van der Waals surface area (Å²) in [5, 5.41) is 5.76. The second-order valence-corrected chi connectivity index (χ2v) is 6.20. The summed E-state index contributed by atoms with van der Waals surface area (Å²) in [4.78, 5) is 24.1. The number of ether oxygens (including phenoxy) is 2. The van der Waals surface area contributed by atoms with Crippen molar-refractivity contribution in [1.29, 1.82) is 0 Å². The summed E-state index contributed by atoms with van der Waals surface area (Å²) in [6.07, 6.45) is 1.72. The number of benzene rings is 2. The molecule has 1 aliphatic rings. The van der Waals surface area contributed by atoms with Crippen LogP contribution in [-0.2, 0) is 9.59 Å². The van der Waals surface area contributed by atoms with Gasteiger partial charge in [0.25, 0.3) is 5.91 Å². The van der Waals surface area contributed by atoms with E-state index in [1.165, 1.54) is 19.0 Å². The van der Waals surface area contributed by atoms with E-state index in [0.29, 0.717) is 34.0 Å². The summed E-state index contributed by atoms with van der Waals surface area (Å²) in [7, 11) is 1.50. The van der Waals surface area contributed by atoms with E-state index in [1.807, 2.05) is 31.2 Å². The molecule has 1 heterocycles. The highest BCUT2D eigenvalue weighted by Gasteiger charge is 2.28. The molecule has 0 bridgehead atoms. The largest absolute Gasteiger partial charge is 0.493 e. The van der Waals surface area contributed by atoms with Crippen molar-refractivity contribution in [3.05, 3.63) is 59.2 Å². The molecule has 0 unspecified atom stereocenters. The van der Waals surface area contributed by atoms with Gasteiger partial charge >= 0.3 is 5.97 Å². The zero-order chi connectivity index (χ0) is 19.6. The van der Waals surface area contributed by atoms with Crippen LogP contribution in [0.25, 0.3) is 6.08 Å². The Morgan fingerprint density at radius 2 is 1.78 bits per heavy atom. The van der Waals surface area contributed by atoms with Gasteiger partial charge in [-0.1, -0.05) is 23.8 Å². The number of carbonyl (C=O) groups excluding carboxylic acids is 2. The zero-order valence-electron chi connectivity index (χ0n) is 15.6. The van der Waals surface area contributed by atoms with Gasteiger partial charge in [-0.25, -0.2) is 0 Å². The minimum atomic E-state index is -0.446. The van der Waals surface area contributed by atoms with Gasteiger partial charge in [-0.2, -0.15) is 10.1 Å². The zero-order valence-corrected chi connectivity index (χ0v) is 15.6. The van der Waals surface area contributed by atoms with Gasteiger partial charge in [0, 0.05) is 6.92 Å². The number of carbonyl (C=O) groups is 2. The van der Waals surface area contributed by atoms with E-state index in [0.717, 1.165) is 5.56 Å². The molecule has 0 N–H and O–H groups in total. The Hall–Kier alpha value is -3.41. The highest BCUT2D eigenvalue weighted by molar-refractivity contribution is 6.32. The second kappa shape index (κ2) is 7.45. The van der Waals surface area contributed by atoms with Crippen LogP contribution in [0.4, 0.5) is 5.69 Å². The molecule has 6 nitrogen and oxygen atoms in total. The van der Waals surface area contributed by atoms with E-state index in [4.69, 9.17) is 9.47 Å². The highest BCUT2D eigenvalue weighted by Crippen LogP contribution is 2.30. The average molecular weight is 364 g/mol. The minimum Gasteiger partial charge on any atom is -0.493 e. The first kappa shape index (κ1) is 18.4. The number of hydrogen-bond donors (Lipinski definition) is 0. The monoisotopic (exact) mass is 364 g/mol. The lowest BCUT2D eigenvalue weighted by atomic mass is 10.1. The summed E-state index contributed by atoms with van der Waals surface area (Å²) in [5.41, 5.74) is 3.62. The summed E-state index contributed by atoms with van der Waals surface area (Å²) >= 11 is 0. The normalized spacial score (nSPS) is 15.1. The van der Waals surface area contributed by atoms with E-state index in [-0.39, 0.29) is 5.91 Å². The molecule has 0 saturated carbocycles. The average Bonchev–Trinajstić information content (AvgIpc) is 2.90. The van der Waals surface area contributed by atoms with E-state index in [1.54, 1.807) is 31.2 Å². The molecule has 6 heteroatoms. The van der Waals surface area contributed by atoms with Gasteiger partial charge in [0.1, 0.15) is 0 Å². The maximum absolute atomic E-state index is 12.8. The third-order valence-corrected chi connectivity index (χ3v) is 4.09. The Labute approximate surface area is 157 Å². The highest BCUT2D eigenvalue weighted by atomic mass is 16.6. The van der Waals surface area contributed by atoms with Gasteiger partial charge in [-0.15, -0.1) is 0 Å². The minimum absolute atomic E-state index is 0.207. The summed E-state index contributed by atoms with van der Waals surface area (Å²) < 4.78 is 10.4. The summed E-state index contributed by atoms with van der Waals surface area (Å²) in [6, 6.07) is 12.7. The number of hydrogen-bond acceptors (Lipinski definition) is 5. The van der Waals surface area contributed by atoms with Gasteiger partial charge in [-0.3, -0.25) is 9.59 Å².